The Morgan fingerprint density at radius 2 is 2.41 bits per heavy atom. The van der Waals surface area contributed by atoms with Gasteiger partial charge in [-0.2, -0.15) is 0 Å². The van der Waals surface area contributed by atoms with Crippen molar-refractivity contribution in [2.75, 3.05) is 13.7 Å². The molecule has 0 amide bonds. The first-order valence-corrected chi connectivity index (χ1v) is 5.76. The molecule has 0 spiro atoms. The minimum Gasteiger partial charge on any atom is -0.469 e. The molecule has 1 fully saturated rings. The van der Waals surface area contributed by atoms with Crippen LogP contribution in [0.25, 0.3) is 0 Å². The van der Waals surface area contributed by atoms with Crippen molar-refractivity contribution in [1.29, 1.82) is 0 Å². The minimum absolute atomic E-state index is 0.229. The zero-order chi connectivity index (χ0) is 12.5. The number of carbonyl (C=O) groups is 1. The second-order valence-electron chi connectivity index (χ2n) is 4.69. The van der Waals surface area contributed by atoms with Crippen molar-refractivity contribution in [3.8, 4) is 0 Å². The van der Waals surface area contributed by atoms with E-state index in [-0.39, 0.29) is 5.97 Å². The van der Waals surface area contributed by atoms with Gasteiger partial charge in [-0.3, -0.25) is 9.48 Å². The average molecular weight is 238 g/mol. The Labute approximate surface area is 100 Å². The molecular formula is C11H18N4O2. The fourth-order valence-corrected chi connectivity index (χ4v) is 2.34. The third kappa shape index (κ3) is 2.17. The van der Waals surface area contributed by atoms with Gasteiger partial charge in [-0.05, 0) is 18.8 Å². The Hall–Kier alpha value is -1.43. The summed E-state index contributed by atoms with van der Waals surface area (Å²) in [5.41, 5.74) is 5.99. The van der Waals surface area contributed by atoms with Crippen LogP contribution in [0, 0.1) is 11.3 Å². The molecule has 0 bridgehead atoms. The molecule has 0 saturated heterocycles. The Morgan fingerprint density at radius 1 is 1.71 bits per heavy atom. The number of hydrogen-bond donors (Lipinski definition) is 1. The highest BCUT2D eigenvalue weighted by atomic mass is 16.5. The van der Waals surface area contributed by atoms with E-state index in [1.54, 1.807) is 11.7 Å². The molecule has 1 heterocycles. The number of esters is 1. The van der Waals surface area contributed by atoms with E-state index in [1.165, 1.54) is 7.11 Å². The predicted molar refractivity (Wildman–Crippen MR) is 60.9 cm³/mol. The highest BCUT2D eigenvalue weighted by molar-refractivity contribution is 5.78. The summed E-state index contributed by atoms with van der Waals surface area (Å²) >= 11 is 0. The van der Waals surface area contributed by atoms with Crippen molar-refractivity contribution in [2.24, 2.45) is 24.1 Å². The number of aromatic nitrogens is 3. The summed E-state index contributed by atoms with van der Waals surface area (Å²) in [5.74, 6) is 0.0927. The quantitative estimate of drug-likeness (QED) is 0.723. The normalized spacial score (nSPS) is 18.8. The molecular weight excluding hydrogens is 220 g/mol. The maximum atomic E-state index is 12.0. The van der Waals surface area contributed by atoms with Gasteiger partial charge in [0, 0.05) is 26.2 Å². The van der Waals surface area contributed by atoms with Crippen LogP contribution in [0.5, 0.6) is 0 Å². The van der Waals surface area contributed by atoms with E-state index in [0.717, 1.165) is 18.5 Å². The average Bonchev–Trinajstić information content (AvgIpc) is 3.10. The summed E-state index contributed by atoms with van der Waals surface area (Å²) in [5, 5.41) is 7.90. The van der Waals surface area contributed by atoms with Crippen LogP contribution in [-0.2, 0) is 23.0 Å². The van der Waals surface area contributed by atoms with Crippen molar-refractivity contribution in [2.45, 2.75) is 19.3 Å². The van der Waals surface area contributed by atoms with Gasteiger partial charge in [-0.15, -0.1) is 5.10 Å². The molecule has 1 aliphatic carbocycles. The summed E-state index contributed by atoms with van der Waals surface area (Å²) < 4.78 is 6.54. The second kappa shape index (κ2) is 4.44. The Morgan fingerprint density at radius 3 is 2.82 bits per heavy atom. The molecule has 1 aromatic heterocycles. The molecule has 1 saturated carbocycles. The lowest BCUT2D eigenvalue weighted by Crippen LogP contribution is -2.43. The first-order valence-electron chi connectivity index (χ1n) is 5.76. The van der Waals surface area contributed by atoms with Gasteiger partial charge in [0.2, 0.25) is 0 Å². The summed E-state index contributed by atoms with van der Waals surface area (Å²) in [4.78, 5) is 12.0. The van der Waals surface area contributed by atoms with Crippen LogP contribution in [0.2, 0.25) is 0 Å². The highest BCUT2D eigenvalue weighted by Crippen LogP contribution is 2.47. The van der Waals surface area contributed by atoms with Crippen molar-refractivity contribution in [3.63, 3.8) is 0 Å². The highest BCUT2D eigenvalue weighted by Gasteiger charge is 2.51. The van der Waals surface area contributed by atoms with E-state index in [2.05, 4.69) is 10.3 Å². The van der Waals surface area contributed by atoms with E-state index >= 15 is 0 Å². The zero-order valence-electron chi connectivity index (χ0n) is 10.2. The summed E-state index contributed by atoms with van der Waals surface area (Å²) in [7, 11) is 3.21. The number of nitrogens with two attached hydrogens (primary N) is 1. The molecule has 0 aromatic carbocycles. The molecule has 1 aliphatic rings. The first-order chi connectivity index (χ1) is 8.12. The number of carbonyl (C=O) groups excluding carboxylic acids is 1. The molecule has 1 unspecified atom stereocenters. The van der Waals surface area contributed by atoms with Crippen LogP contribution < -0.4 is 5.73 Å². The number of hydrogen-bond acceptors (Lipinski definition) is 5. The van der Waals surface area contributed by atoms with Crippen molar-refractivity contribution >= 4 is 5.97 Å². The van der Waals surface area contributed by atoms with Crippen molar-refractivity contribution in [3.05, 3.63) is 11.9 Å². The topological polar surface area (TPSA) is 83.0 Å². The van der Waals surface area contributed by atoms with Gasteiger partial charge in [0.15, 0.2) is 0 Å². The SMILES string of the molecule is COC(=O)C(CN)(Cc1cn(C)nn1)C1CC1. The van der Waals surface area contributed by atoms with E-state index in [0.29, 0.717) is 18.9 Å². The van der Waals surface area contributed by atoms with Crippen LogP contribution in [-0.4, -0.2) is 34.6 Å². The minimum atomic E-state index is -0.620. The van der Waals surface area contributed by atoms with Gasteiger partial charge in [0.05, 0.1) is 18.2 Å². The lowest BCUT2D eigenvalue weighted by atomic mass is 9.78. The number of nitrogens with zero attached hydrogens (tertiary/aromatic N) is 3. The second-order valence-corrected chi connectivity index (χ2v) is 4.69. The number of aryl methyl sites for hydroxylation is 1. The molecule has 0 aliphatic heterocycles. The molecule has 1 atom stereocenters. The van der Waals surface area contributed by atoms with Gasteiger partial charge in [-0.1, -0.05) is 5.21 Å². The summed E-state index contributed by atoms with van der Waals surface area (Å²) in [6.07, 6.45) is 4.39. The van der Waals surface area contributed by atoms with Crippen LogP contribution in [0.3, 0.4) is 0 Å². The Bertz CT molecular complexity index is 413. The smallest absolute Gasteiger partial charge is 0.313 e. The molecule has 6 heteroatoms. The lowest BCUT2D eigenvalue weighted by molar-refractivity contribution is -0.153. The maximum absolute atomic E-state index is 12.0. The van der Waals surface area contributed by atoms with E-state index in [1.807, 2.05) is 6.20 Å². The van der Waals surface area contributed by atoms with Crippen LogP contribution in [0.15, 0.2) is 6.20 Å². The molecule has 17 heavy (non-hydrogen) atoms. The van der Waals surface area contributed by atoms with E-state index in [9.17, 15) is 4.79 Å². The number of ether oxygens (including phenoxy) is 1. The van der Waals surface area contributed by atoms with Gasteiger partial charge >= 0.3 is 5.97 Å². The Balaban J connectivity index is 2.23. The predicted octanol–water partition coefficient (Wildman–Crippen LogP) is -0.114. The van der Waals surface area contributed by atoms with Gasteiger partial charge in [-0.25, -0.2) is 0 Å². The molecule has 2 rings (SSSR count). The molecule has 6 nitrogen and oxygen atoms in total. The molecule has 2 N–H and O–H groups in total. The maximum Gasteiger partial charge on any atom is 0.313 e. The molecule has 1 aromatic rings. The third-order valence-corrected chi connectivity index (χ3v) is 3.46. The summed E-state index contributed by atoms with van der Waals surface area (Å²) in [6, 6.07) is 0. The van der Waals surface area contributed by atoms with E-state index < -0.39 is 5.41 Å². The Kier molecular flexibility index (Phi) is 3.15. The fraction of sp³-hybridized carbons (Fsp3) is 0.727. The molecule has 94 valence electrons. The van der Waals surface area contributed by atoms with Gasteiger partial charge < -0.3 is 10.5 Å². The number of rotatable bonds is 5. The standard InChI is InChI=1S/C11H18N4O2/c1-15-6-9(13-14-15)5-11(7-12,8-3-4-8)10(16)17-2/h6,8H,3-5,7,12H2,1-2H3. The zero-order valence-corrected chi connectivity index (χ0v) is 10.2. The third-order valence-electron chi connectivity index (χ3n) is 3.46. The fourth-order valence-electron chi connectivity index (χ4n) is 2.34. The van der Waals surface area contributed by atoms with Crippen molar-refractivity contribution < 1.29 is 9.53 Å². The van der Waals surface area contributed by atoms with Crippen molar-refractivity contribution in [1.82, 2.24) is 15.0 Å². The van der Waals surface area contributed by atoms with Crippen LogP contribution in [0.1, 0.15) is 18.5 Å². The lowest BCUT2D eigenvalue weighted by Gasteiger charge is -2.28. The molecule has 0 radical (unpaired) electrons. The summed E-state index contributed by atoms with van der Waals surface area (Å²) in [6.45, 7) is 0.293. The van der Waals surface area contributed by atoms with Crippen LogP contribution in [0.4, 0.5) is 0 Å². The number of methoxy groups -OCH3 is 1. The first kappa shape index (κ1) is 12.0. The van der Waals surface area contributed by atoms with Crippen LogP contribution >= 0.6 is 0 Å². The monoisotopic (exact) mass is 238 g/mol. The van der Waals surface area contributed by atoms with E-state index in [4.69, 9.17) is 10.5 Å². The largest absolute Gasteiger partial charge is 0.469 e. The van der Waals surface area contributed by atoms with Gasteiger partial charge in [0.25, 0.3) is 0 Å². The van der Waals surface area contributed by atoms with Gasteiger partial charge in [0.1, 0.15) is 0 Å².